The molecule has 0 atom stereocenters. The number of anilines is 1. The molecule has 30 heavy (non-hydrogen) atoms. The molecule has 0 saturated heterocycles. The molecule has 154 valence electrons. The Morgan fingerprint density at radius 2 is 2.00 bits per heavy atom. The molecule has 8 heteroatoms. The van der Waals surface area contributed by atoms with Gasteiger partial charge in [0.1, 0.15) is 5.75 Å². The van der Waals surface area contributed by atoms with Gasteiger partial charge in [0, 0.05) is 24.8 Å². The summed E-state index contributed by atoms with van der Waals surface area (Å²) in [6.07, 6.45) is 0.272. The van der Waals surface area contributed by atoms with Crippen molar-refractivity contribution in [1.29, 1.82) is 5.26 Å². The Bertz CT molecular complexity index is 1060. The van der Waals surface area contributed by atoms with Crippen LogP contribution in [-0.2, 0) is 11.8 Å². The molecule has 0 fully saturated rings. The van der Waals surface area contributed by atoms with Gasteiger partial charge in [-0.3, -0.25) is 4.79 Å². The van der Waals surface area contributed by atoms with Crippen LogP contribution in [0.5, 0.6) is 5.75 Å². The molecule has 0 radical (unpaired) electrons. The molecule has 1 heterocycles. The summed E-state index contributed by atoms with van der Waals surface area (Å²) in [5.41, 5.74) is 2.79. The van der Waals surface area contributed by atoms with Gasteiger partial charge in [0.2, 0.25) is 5.91 Å². The van der Waals surface area contributed by atoms with Gasteiger partial charge in [0.25, 0.3) is 0 Å². The molecule has 0 aliphatic rings. The van der Waals surface area contributed by atoms with Crippen LogP contribution in [0.4, 0.5) is 5.69 Å². The zero-order valence-electron chi connectivity index (χ0n) is 17.2. The number of ether oxygens (including phenoxy) is 1. The maximum Gasteiger partial charge on any atom is 0.237 e. The number of carbonyl (C=O) groups excluding carboxylic acids is 1. The number of amides is 1. The Kier molecular flexibility index (Phi) is 7.09. The highest BCUT2D eigenvalue weighted by Crippen LogP contribution is 2.26. The van der Waals surface area contributed by atoms with E-state index in [1.54, 1.807) is 12.0 Å². The molecular formula is C22H23N5O2S. The van der Waals surface area contributed by atoms with Crippen molar-refractivity contribution in [3.8, 4) is 23.2 Å². The highest BCUT2D eigenvalue weighted by Gasteiger charge is 2.18. The Balaban J connectivity index is 1.73. The smallest absolute Gasteiger partial charge is 0.237 e. The molecule has 3 aromatic rings. The molecule has 1 aromatic heterocycles. The van der Waals surface area contributed by atoms with Crippen molar-refractivity contribution in [3.63, 3.8) is 0 Å². The molecule has 3 rings (SSSR count). The Morgan fingerprint density at radius 3 is 2.70 bits per heavy atom. The summed E-state index contributed by atoms with van der Waals surface area (Å²) in [7, 11) is 3.49. The zero-order chi connectivity index (χ0) is 21.5. The van der Waals surface area contributed by atoms with E-state index in [-0.39, 0.29) is 18.1 Å². The SMILES string of the molecule is COc1cccc(-c2nnc(SCC(=O)N(CCC#N)c3ccc(C)cc3)n2C)c1. The zero-order valence-corrected chi connectivity index (χ0v) is 18.0. The molecule has 0 saturated carbocycles. The fourth-order valence-corrected chi connectivity index (χ4v) is 3.73. The van der Waals surface area contributed by atoms with E-state index < -0.39 is 0 Å². The highest BCUT2D eigenvalue weighted by molar-refractivity contribution is 7.99. The third-order valence-corrected chi connectivity index (χ3v) is 5.59. The van der Waals surface area contributed by atoms with Crippen LogP contribution in [0.3, 0.4) is 0 Å². The standard InChI is InChI=1S/C22H23N5O2S/c1-16-8-10-18(11-9-16)27(13-5-12-23)20(28)15-30-22-25-24-21(26(22)2)17-6-4-7-19(14-17)29-3/h4,6-11,14H,5,13,15H2,1-3H3. The van der Waals surface area contributed by atoms with Crippen molar-refractivity contribution in [2.75, 3.05) is 24.3 Å². The summed E-state index contributed by atoms with van der Waals surface area (Å²) < 4.78 is 7.13. The number of hydrogen-bond donors (Lipinski definition) is 0. The summed E-state index contributed by atoms with van der Waals surface area (Å²) in [6, 6.07) is 17.4. The second-order valence-electron chi connectivity index (χ2n) is 6.67. The first kappa shape index (κ1) is 21.4. The topological polar surface area (TPSA) is 84.0 Å². The first-order valence-electron chi connectivity index (χ1n) is 9.44. The maximum absolute atomic E-state index is 12.9. The van der Waals surface area contributed by atoms with E-state index in [1.165, 1.54) is 11.8 Å². The number of carbonyl (C=O) groups is 1. The molecule has 1 amide bonds. The predicted octanol–water partition coefficient (Wildman–Crippen LogP) is 3.84. The number of hydrogen-bond acceptors (Lipinski definition) is 6. The average molecular weight is 422 g/mol. The van der Waals surface area contributed by atoms with Crippen LogP contribution in [0.15, 0.2) is 53.7 Å². The van der Waals surface area contributed by atoms with Gasteiger partial charge in [-0.05, 0) is 31.2 Å². The fraction of sp³-hybridized carbons (Fsp3) is 0.273. The summed E-state index contributed by atoms with van der Waals surface area (Å²) in [6.45, 7) is 2.35. The van der Waals surface area contributed by atoms with Gasteiger partial charge >= 0.3 is 0 Å². The monoisotopic (exact) mass is 421 g/mol. The van der Waals surface area contributed by atoms with Gasteiger partial charge in [-0.2, -0.15) is 5.26 Å². The normalized spacial score (nSPS) is 10.5. The second-order valence-corrected chi connectivity index (χ2v) is 7.62. The fourth-order valence-electron chi connectivity index (χ4n) is 2.94. The van der Waals surface area contributed by atoms with Crippen LogP contribution in [0.2, 0.25) is 0 Å². The Labute approximate surface area is 180 Å². The van der Waals surface area contributed by atoms with Crippen molar-refractivity contribution in [3.05, 3.63) is 54.1 Å². The average Bonchev–Trinajstić information content (AvgIpc) is 3.14. The molecule has 2 aromatic carbocycles. The summed E-state index contributed by atoms with van der Waals surface area (Å²) in [5, 5.41) is 18.1. The molecule has 7 nitrogen and oxygen atoms in total. The van der Waals surface area contributed by atoms with Crippen LogP contribution in [0.1, 0.15) is 12.0 Å². The van der Waals surface area contributed by atoms with Crippen LogP contribution in [-0.4, -0.2) is 40.1 Å². The highest BCUT2D eigenvalue weighted by atomic mass is 32.2. The summed E-state index contributed by atoms with van der Waals surface area (Å²) in [4.78, 5) is 14.5. The van der Waals surface area contributed by atoms with Crippen molar-refractivity contribution >= 4 is 23.4 Å². The van der Waals surface area contributed by atoms with Crippen LogP contribution in [0, 0.1) is 18.3 Å². The Morgan fingerprint density at radius 1 is 1.23 bits per heavy atom. The number of nitrogens with zero attached hydrogens (tertiary/aromatic N) is 5. The molecule has 0 unspecified atom stereocenters. The van der Waals surface area contributed by atoms with E-state index in [0.717, 1.165) is 22.6 Å². The van der Waals surface area contributed by atoms with Crippen molar-refractivity contribution < 1.29 is 9.53 Å². The number of rotatable bonds is 8. The van der Waals surface area contributed by atoms with Gasteiger partial charge in [-0.1, -0.05) is 41.6 Å². The number of thioether (sulfide) groups is 1. The van der Waals surface area contributed by atoms with Crippen molar-refractivity contribution in [2.45, 2.75) is 18.5 Å². The van der Waals surface area contributed by atoms with Gasteiger partial charge in [0.05, 0.1) is 25.4 Å². The molecular weight excluding hydrogens is 398 g/mol. The van der Waals surface area contributed by atoms with Crippen LogP contribution >= 0.6 is 11.8 Å². The van der Waals surface area contributed by atoms with Gasteiger partial charge in [-0.15, -0.1) is 10.2 Å². The number of aryl methyl sites for hydroxylation is 1. The first-order valence-corrected chi connectivity index (χ1v) is 10.4. The van der Waals surface area contributed by atoms with E-state index in [9.17, 15) is 4.79 Å². The third-order valence-electron chi connectivity index (χ3n) is 4.58. The first-order chi connectivity index (χ1) is 14.5. The van der Waals surface area contributed by atoms with Crippen molar-refractivity contribution in [1.82, 2.24) is 14.8 Å². The van der Waals surface area contributed by atoms with E-state index in [1.807, 2.05) is 67.1 Å². The lowest BCUT2D eigenvalue weighted by Gasteiger charge is -2.21. The van der Waals surface area contributed by atoms with E-state index >= 15 is 0 Å². The molecule has 0 aliphatic carbocycles. The summed E-state index contributed by atoms with van der Waals surface area (Å²) in [5.74, 6) is 1.56. The Hall–Kier alpha value is -3.31. The molecule has 0 N–H and O–H groups in total. The van der Waals surface area contributed by atoms with E-state index in [4.69, 9.17) is 10.00 Å². The molecule has 0 bridgehead atoms. The largest absolute Gasteiger partial charge is 0.497 e. The minimum Gasteiger partial charge on any atom is -0.497 e. The number of methoxy groups -OCH3 is 1. The molecule has 0 aliphatic heterocycles. The lowest BCUT2D eigenvalue weighted by Crippen LogP contribution is -2.33. The maximum atomic E-state index is 12.9. The number of nitriles is 1. The third kappa shape index (κ3) is 4.99. The van der Waals surface area contributed by atoms with Gasteiger partial charge < -0.3 is 14.2 Å². The number of benzene rings is 2. The minimum absolute atomic E-state index is 0.0787. The molecule has 0 spiro atoms. The second kappa shape index (κ2) is 9.94. The quantitative estimate of drug-likeness (QED) is 0.514. The van der Waals surface area contributed by atoms with Gasteiger partial charge in [-0.25, -0.2) is 0 Å². The van der Waals surface area contributed by atoms with Crippen molar-refractivity contribution in [2.24, 2.45) is 7.05 Å². The lowest BCUT2D eigenvalue weighted by atomic mass is 10.2. The summed E-state index contributed by atoms with van der Waals surface area (Å²) >= 11 is 1.32. The van der Waals surface area contributed by atoms with E-state index in [2.05, 4.69) is 16.3 Å². The lowest BCUT2D eigenvalue weighted by molar-refractivity contribution is -0.116. The van der Waals surface area contributed by atoms with Crippen LogP contribution in [0.25, 0.3) is 11.4 Å². The predicted molar refractivity (Wildman–Crippen MR) is 117 cm³/mol. The van der Waals surface area contributed by atoms with Gasteiger partial charge in [0.15, 0.2) is 11.0 Å². The van der Waals surface area contributed by atoms with Crippen LogP contribution < -0.4 is 9.64 Å². The number of aromatic nitrogens is 3. The minimum atomic E-state index is -0.0787. The van der Waals surface area contributed by atoms with E-state index in [0.29, 0.717) is 17.5 Å².